The van der Waals surface area contributed by atoms with Gasteiger partial charge in [0.15, 0.2) is 0 Å². The van der Waals surface area contributed by atoms with Crippen molar-refractivity contribution in [2.24, 2.45) is 17.3 Å². The molecule has 8 heteroatoms. The van der Waals surface area contributed by atoms with Gasteiger partial charge in [-0.3, -0.25) is 14.4 Å². The maximum Gasteiger partial charge on any atom is 0.320 e. The minimum absolute atomic E-state index is 0.0359. The summed E-state index contributed by atoms with van der Waals surface area (Å²) >= 11 is 1.58. The Morgan fingerprint density at radius 1 is 1.23 bits per heavy atom. The summed E-state index contributed by atoms with van der Waals surface area (Å²) in [6, 6.07) is 3.93. The van der Waals surface area contributed by atoms with Gasteiger partial charge in [0.2, 0.25) is 11.8 Å². The summed E-state index contributed by atoms with van der Waals surface area (Å²) in [7, 11) is 1.40. The van der Waals surface area contributed by atoms with Crippen molar-refractivity contribution in [3.63, 3.8) is 0 Å². The number of carbonyl (C=O) groups is 3. The van der Waals surface area contributed by atoms with Crippen molar-refractivity contribution < 1.29 is 23.9 Å². The van der Waals surface area contributed by atoms with Crippen LogP contribution in [0.15, 0.2) is 40.9 Å². The van der Waals surface area contributed by atoms with Gasteiger partial charge in [0.25, 0.3) is 0 Å². The first-order valence-corrected chi connectivity index (χ1v) is 15.5. The van der Waals surface area contributed by atoms with Gasteiger partial charge < -0.3 is 19.7 Å². The number of thiophene rings is 1. The van der Waals surface area contributed by atoms with Gasteiger partial charge in [0.05, 0.1) is 25.9 Å². The topological polar surface area (TPSA) is 84.9 Å². The van der Waals surface area contributed by atoms with E-state index in [1.807, 2.05) is 29.3 Å². The molecule has 0 spiro atoms. The predicted octanol–water partition coefficient (Wildman–Crippen LogP) is 5.51. The summed E-state index contributed by atoms with van der Waals surface area (Å²) in [6.07, 6.45) is 13.9. The normalized spacial score (nSPS) is 29.4. The van der Waals surface area contributed by atoms with Crippen molar-refractivity contribution in [2.75, 3.05) is 13.7 Å². The van der Waals surface area contributed by atoms with Crippen LogP contribution in [-0.4, -0.2) is 48.5 Å². The number of amides is 2. The second kappa shape index (κ2) is 12.4. The quantitative estimate of drug-likeness (QED) is 0.321. The summed E-state index contributed by atoms with van der Waals surface area (Å²) in [4.78, 5) is 43.7. The Morgan fingerprint density at radius 3 is 2.74 bits per heavy atom. The van der Waals surface area contributed by atoms with Crippen LogP contribution in [0.5, 0.6) is 0 Å². The molecule has 0 bridgehead atoms. The molecule has 3 heterocycles. The Kier molecular flexibility index (Phi) is 8.92. The average Bonchev–Trinajstić information content (AvgIpc) is 3.67. The van der Waals surface area contributed by atoms with Crippen LogP contribution < -0.4 is 5.32 Å². The van der Waals surface area contributed by atoms with Crippen molar-refractivity contribution in [3.05, 3.63) is 45.8 Å². The lowest BCUT2D eigenvalue weighted by Gasteiger charge is -2.52. The summed E-state index contributed by atoms with van der Waals surface area (Å²) < 4.78 is 12.0. The lowest BCUT2D eigenvalue weighted by Crippen LogP contribution is -2.60. The highest BCUT2D eigenvalue weighted by molar-refractivity contribution is 7.09. The number of rotatable bonds is 9. The zero-order chi connectivity index (χ0) is 27.4. The Morgan fingerprint density at radius 2 is 2.05 bits per heavy atom. The number of methoxy groups -OCH3 is 1. The fourth-order valence-corrected chi connectivity index (χ4v) is 7.71. The number of esters is 1. The van der Waals surface area contributed by atoms with Gasteiger partial charge in [0, 0.05) is 29.5 Å². The summed E-state index contributed by atoms with van der Waals surface area (Å²) in [5.74, 6) is -0.863. The third-order valence-corrected chi connectivity index (χ3v) is 10.1. The summed E-state index contributed by atoms with van der Waals surface area (Å²) in [5, 5.41) is 4.94. The Balaban J connectivity index is 1.45. The SMILES string of the molecule is COC(=O)[C@]12C[C@H](CC(=O)NCc3cccs3)C(=O)N(CCC3=CCCCC3)C1=C[C@H](C1CCCC1)O[C@@H]2C. The molecule has 5 rings (SSSR count). The van der Waals surface area contributed by atoms with Crippen molar-refractivity contribution in [1.82, 2.24) is 10.2 Å². The second-order valence-electron chi connectivity index (χ2n) is 11.6. The van der Waals surface area contributed by atoms with Gasteiger partial charge in [-0.2, -0.15) is 0 Å². The fraction of sp³-hybridized carbons (Fsp3) is 0.645. The van der Waals surface area contributed by atoms with Gasteiger partial charge in [-0.15, -0.1) is 11.3 Å². The number of fused-ring (bicyclic) bond motifs is 1. The molecule has 1 aromatic rings. The zero-order valence-corrected chi connectivity index (χ0v) is 24.1. The molecule has 2 amide bonds. The predicted molar refractivity (Wildman–Crippen MR) is 151 cm³/mol. The zero-order valence-electron chi connectivity index (χ0n) is 23.3. The molecule has 0 aromatic carbocycles. The molecule has 2 aliphatic carbocycles. The first-order valence-electron chi connectivity index (χ1n) is 14.7. The third-order valence-electron chi connectivity index (χ3n) is 9.24. The highest BCUT2D eigenvalue weighted by atomic mass is 32.1. The van der Waals surface area contributed by atoms with E-state index < -0.39 is 17.4 Å². The van der Waals surface area contributed by atoms with Gasteiger partial charge in [-0.1, -0.05) is 30.6 Å². The monoisotopic (exact) mass is 554 g/mol. The first-order chi connectivity index (χ1) is 18.9. The van der Waals surface area contributed by atoms with Gasteiger partial charge >= 0.3 is 5.97 Å². The van der Waals surface area contributed by atoms with Crippen LogP contribution in [0.25, 0.3) is 0 Å². The molecule has 2 aliphatic heterocycles. The van der Waals surface area contributed by atoms with Crippen LogP contribution in [0.1, 0.15) is 82.4 Å². The lowest BCUT2D eigenvalue weighted by molar-refractivity contribution is -0.177. The Hall–Kier alpha value is -2.45. The number of nitrogens with one attached hydrogen (secondary N) is 1. The maximum absolute atomic E-state index is 14.1. The minimum Gasteiger partial charge on any atom is -0.468 e. The number of ether oxygens (including phenoxy) is 2. The summed E-state index contributed by atoms with van der Waals surface area (Å²) in [6.45, 7) is 2.88. The number of carbonyl (C=O) groups excluding carboxylic acids is 3. The molecule has 39 heavy (non-hydrogen) atoms. The number of allylic oxidation sites excluding steroid dienone is 1. The van der Waals surface area contributed by atoms with Crippen molar-refractivity contribution in [3.8, 4) is 0 Å². The molecule has 0 radical (unpaired) electrons. The summed E-state index contributed by atoms with van der Waals surface area (Å²) in [5.41, 5.74) is 1.00. The van der Waals surface area contributed by atoms with E-state index in [9.17, 15) is 14.4 Å². The molecular weight excluding hydrogens is 512 g/mol. The fourth-order valence-electron chi connectivity index (χ4n) is 7.06. The van der Waals surface area contributed by atoms with E-state index in [4.69, 9.17) is 9.47 Å². The van der Waals surface area contributed by atoms with Gasteiger partial charge in [-0.05, 0) is 81.7 Å². The molecule has 1 saturated carbocycles. The van der Waals surface area contributed by atoms with Crippen LogP contribution in [0.3, 0.4) is 0 Å². The van der Waals surface area contributed by atoms with E-state index >= 15 is 0 Å². The van der Waals surface area contributed by atoms with E-state index in [-0.39, 0.29) is 36.7 Å². The third kappa shape index (κ3) is 5.87. The Bertz CT molecular complexity index is 1110. The van der Waals surface area contributed by atoms with Crippen LogP contribution in [0.2, 0.25) is 0 Å². The van der Waals surface area contributed by atoms with E-state index in [2.05, 4.69) is 17.5 Å². The van der Waals surface area contributed by atoms with Crippen LogP contribution in [0.4, 0.5) is 0 Å². The first kappa shape index (κ1) is 28.1. The van der Waals surface area contributed by atoms with Gasteiger partial charge in [0.1, 0.15) is 5.41 Å². The van der Waals surface area contributed by atoms with E-state index in [1.165, 1.54) is 38.4 Å². The minimum atomic E-state index is -1.11. The van der Waals surface area contributed by atoms with Gasteiger partial charge in [-0.25, -0.2) is 0 Å². The van der Waals surface area contributed by atoms with E-state index in [0.717, 1.165) is 42.7 Å². The number of piperidine rings is 1. The maximum atomic E-state index is 14.1. The molecule has 1 saturated heterocycles. The molecule has 1 N–H and O–H groups in total. The Labute approximate surface area is 236 Å². The van der Waals surface area contributed by atoms with E-state index in [1.54, 1.807) is 11.3 Å². The number of nitrogens with zero attached hydrogens (tertiary/aromatic N) is 1. The van der Waals surface area contributed by atoms with Crippen LogP contribution >= 0.6 is 11.3 Å². The van der Waals surface area contributed by atoms with E-state index in [0.29, 0.717) is 19.0 Å². The highest BCUT2D eigenvalue weighted by Gasteiger charge is 2.60. The van der Waals surface area contributed by atoms with Crippen molar-refractivity contribution in [1.29, 1.82) is 0 Å². The second-order valence-corrected chi connectivity index (χ2v) is 12.6. The molecule has 4 atom stereocenters. The van der Waals surface area contributed by atoms with Crippen LogP contribution in [0, 0.1) is 17.3 Å². The molecule has 212 valence electrons. The average molecular weight is 555 g/mol. The standard InChI is InChI=1S/C31H42N2O5S/c1-21-31(30(36)37-2)19-24(17-28(34)32-20-25-13-8-16-39-25)29(35)33(15-14-22-9-4-3-5-10-22)27(31)18-26(38-21)23-11-6-7-12-23/h8-9,13,16,18,21,23-24,26H,3-7,10-12,14-15,17,19-20H2,1-2H3,(H,32,34)/t21-,24+,26-,31+/m1/s1. The molecule has 1 aromatic heterocycles. The van der Waals surface area contributed by atoms with Crippen molar-refractivity contribution in [2.45, 2.75) is 96.3 Å². The molecular formula is C31H42N2O5S. The number of likely N-dealkylation sites (tertiary alicyclic amines) is 1. The molecule has 7 nitrogen and oxygen atoms in total. The molecule has 0 unspecified atom stereocenters. The molecule has 2 fully saturated rings. The number of hydrogen-bond acceptors (Lipinski definition) is 6. The van der Waals surface area contributed by atoms with Crippen molar-refractivity contribution >= 4 is 29.1 Å². The smallest absolute Gasteiger partial charge is 0.320 e. The highest BCUT2D eigenvalue weighted by Crippen LogP contribution is 2.52. The lowest BCUT2D eigenvalue weighted by atomic mass is 9.66. The van der Waals surface area contributed by atoms with Crippen LogP contribution in [-0.2, 0) is 30.4 Å². The molecule has 4 aliphatic rings. The number of hydrogen-bond donors (Lipinski definition) is 1. The largest absolute Gasteiger partial charge is 0.468 e.